The third-order valence-corrected chi connectivity index (χ3v) is 2.14. The Kier molecular flexibility index (Phi) is 4.30. The van der Waals surface area contributed by atoms with E-state index in [2.05, 4.69) is 10.3 Å². The topological polar surface area (TPSA) is 50.2 Å². The van der Waals surface area contributed by atoms with Crippen molar-refractivity contribution in [2.24, 2.45) is 0 Å². The Balaban J connectivity index is 2.25. The highest BCUT2D eigenvalue weighted by Crippen LogP contribution is 1.91. The summed E-state index contributed by atoms with van der Waals surface area (Å²) < 4.78 is 1.98. The molecule has 0 aliphatic carbocycles. The molecule has 0 aliphatic rings. The molecule has 0 radical (unpaired) electrons. The van der Waals surface area contributed by atoms with Crippen molar-refractivity contribution in [2.75, 3.05) is 20.6 Å². The fourth-order valence-electron chi connectivity index (χ4n) is 1.20. The minimum absolute atomic E-state index is 0.0903. The molecule has 0 saturated carbocycles. The Morgan fingerprint density at radius 3 is 2.87 bits per heavy atom. The smallest absolute Gasteiger partial charge is 0.236 e. The van der Waals surface area contributed by atoms with Gasteiger partial charge in [0.1, 0.15) is 0 Å². The van der Waals surface area contributed by atoms with Crippen molar-refractivity contribution in [1.82, 2.24) is 19.8 Å². The zero-order valence-corrected chi connectivity index (χ0v) is 9.47. The summed E-state index contributed by atoms with van der Waals surface area (Å²) in [5.74, 6) is 0.0903. The maximum Gasteiger partial charge on any atom is 0.236 e. The maximum atomic E-state index is 11.3. The number of carbonyl (C=O) groups excluding carboxylic acids is 1. The second-order valence-electron chi connectivity index (χ2n) is 3.83. The van der Waals surface area contributed by atoms with Crippen LogP contribution in [-0.4, -0.2) is 47.0 Å². The first-order chi connectivity index (χ1) is 7.09. The van der Waals surface area contributed by atoms with Crippen LogP contribution in [-0.2, 0) is 11.3 Å². The van der Waals surface area contributed by atoms with E-state index in [4.69, 9.17) is 0 Å². The summed E-state index contributed by atoms with van der Waals surface area (Å²) in [6.45, 7) is 3.24. The van der Waals surface area contributed by atoms with E-state index in [1.165, 1.54) is 0 Å². The van der Waals surface area contributed by atoms with E-state index in [1.54, 1.807) is 31.5 Å². The molecule has 1 heterocycles. The number of nitrogens with one attached hydrogen (secondary N) is 1. The second-order valence-corrected chi connectivity index (χ2v) is 3.83. The molecule has 1 rings (SSSR count). The van der Waals surface area contributed by atoms with Crippen LogP contribution in [0.1, 0.15) is 6.92 Å². The first kappa shape index (κ1) is 11.7. The Bertz CT molecular complexity index is 294. The summed E-state index contributed by atoms with van der Waals surface area (Å²) in [5, 5.41) is 3.16. The van der Waals surface area contributed by atoms with Crippen LogP contribution in [0.5, 0.6) is 0 Å². The molecule has 1 aromatic rings. The lowest BCUT2D eigenvalue weighted by Gasteiger charge is -2.16. The molecule has 1 atom stereocenters. The first-order valence-electron chi connectivity index (χ1n) is 4.99. The predicted molar refractivity (Wildman–Crippen MR) is 58.4 cm³/mol. The zero-order valence-electron chi connectivity index (χ0n) is 9.47. The van der Waals surface area contributed by atoms with Crippen LogP contribution in [0.25, 0.3) is 0 Å². The van der Waals surface area contributed by atoms with Crippen molar-refractivity contribution < 1.29 is 4.79 Å². The standard InChI is InChI=1S/C10H18N4O/c1-9(7-14-5-4-11-8-14)12-6-10(15)13(2)3/h4-5,8-9,12H,6-7H2,1-3H3. The fraction of sp³-hybridized carbons (Fsp3) is 0.600. The van der Waals surface area contributed by atoms with Gasteiger partial charge in [0.15, 0.2) is 0 Å². The Morgan fingerprint density at radius 1 is 1.60 bits per heavy atom. The number of rotatable bonds is 5. The molecule has 0 saturated heterocycles. The molecule has 1 amide bonds. The number of nitrogens with zero attached hydrogens (tertiary/aromatic N) is 3. The van der Waals surface area contributed by atoms with Crippen molar-refractivity contribution in [3.63, 3.8) is 0 Å². The summed E-state index contributed by atoms with van der Waals surface area (Å²) >= 11 is 0. The van der Waals surface area contributed by atoms with Gasteiger partial charge in [-0.05, 0) is 6.92 Å². The quantitative estimate of drug-likeness (QED) is 0.741. The lowest BCUT2D eigenvalue weighted by Crippen LogP contribution is -2.39. The Labute approximate surface area is 90.1 Å². The summed E-state index contributed by atoms with van der Waals surface area (Å²) in [6.07, 6.45) is 5.43. The molecule has 0 aromatic carbocycles. The zero-order chi connectivity index (χ0) is 11.3. The van der Waals surface area contributed by atoms with Crippen LogP contribution in [0.3, 0.4) is 0 Å². The van der Waals surface area contributed by atoms with Gasteiger partial charge in [0.2, 0.25) is 5.91 Å². The molecule has 84 valence electrons. The number of hydrogen-bond acceptors (Lipinski definition) is 3. The molecule has 5 nitrogen and oxygen atoms in total. The number of likely N-dealkylation sites (N-methyl/N-ethyl adjacent to an activating group) is 1. The molecular weight excluding hydrogens is 192 g/mol. The highest BCUT2D eigenvalue weighted by molar-refractivity contribution is 5.77. The maximum absolute atomic E-state index is 11.3. The van der Waals surface area contributed by atoms with Crippen LogP contribution in [0.15, 0.2) is 18.7 Å². The van der Waals surface area contributed by atoms with Gasteiger partial charge >= 0.3 is 0 Å². The normalized spacial score (nSPS) is 12.5. The van der Waals surface area contributed by atoms with Gasteiger partial charge in [-0.15, -0.1) is 0 Å². The average molecular weight is 210 g/mol. The minimum atomic E-state index is 0.0903. The first-order valence-corrected chi connectivity index (χ1v) is 4.99. The Morgan fingerprint density at radius 2 is 2.33 bits per heavy atom. The van der Waals surface area contributed by atoms with Gasteiger partial charge in [0, 0.05) is 39.1 Å². The van der Waals surface area contributed by atoms with E-state index in [0.717, 1.165) is 6.54 Å². The molecule has 0 spiro atoms. The summed E-state index contributed by atoms with van der Waals surface area (Å²) in [7, 11) is 3.51. The number of carbonyl (C=O) groups is 1. The second kappa shape index (κ2) is 5.50. The predicted octanol–water partition coefficient (Wildman–Crippen LogP) is -0.0506. The molecule has 0 aliphatic heterocycles. The molecule has 15 heavy (non-hydrogen) atoms. The highest BCUT2D eigenvalue weighted by Gasteiger charge is 2.06. The van der Waals surface area contributed by atoms with Gasteiger partial charge in [-0.1, -0.05) is 0 Å². The number of aromatic nitrogens is 2. The molecular formula is C10H18N4O. The molecule has 1 N–H and O–H groups in total. The number of hydrogen-bond donors (Lipinski definition) is 1. The van der Waals surface area contributed by atoms with Crippen molar-refractivity contribution in [3.05, 3.63) is 18.7 Å². The summed E-state index contributed by atoms with van der Waals surface area (Å²) in [4.78, 5) is 16.8. The van der Waals surface area contributed by atoms with Gasteiger partial charge in [-0.3, -0.25) is 4.79 Å². The van der Waals surface area contributed by atoms with E-state index in [1.807, 2.05) is 17.7 Å². The van der Waals surface area contributed by atoms with Gasteiger partial charge in [0.05, 0.1) is 12.9 Å². The molecule has 1 unspecified atom stereocenters. The van der Waals surface area contributed by atoms with Gasteiger partial charge in [0.25, 0.3) is 0 Å². The van der Waals surface area contributed by atoms with Crippen LogP contribution in [0.2, 0.25) is 0 Å². The Hall–Kier alpha value is -1.36. The lowest BCUT2D eigenvalue weighted by molar-refractivity contribution is -0.127. The largest absolute Gasteiger partial charge is 0.348 e. The van der Waals surface area contributed by atoms with Crippen LogP contribution in [0.4, 0.5) is 0 Å². The minimum Gasteiger partial charge on any atom is -0.348 e. The van der Waals surface area contributed by atoms with Crippen LogP contribution in [0, 0.1) is 0 Å². The summed E-state index contributed by atoms with van der Waals surface area (Å²) in [5.41, 5.74) is 0. The van der Waals surface area contributed by atoms with Crippen molar-refractivity contribution in [3.8, 4) is 0 Å². The highest BCUT2D eigenvalue weighted by atomic mass is 16.2. The van der Waals surface area contributed by atoms with Crippen LogP contribution < -0.4 is 5.32 Å². The van der Waals surface area contributed by atoms with E-state index in [0.29, 0.717) is 6.54 Å². The van der Waals surface area contributed by atoms with Crippen molar-refractivity contribution in [1.29, 1.82) is 0 Å². The van der Waals surface area contributed by atoms with Gasteiger partial charge in [-0.25, -0.2) is 4.98 Å². The SMILES string of the molecule is CC(Cn1ccnc1)NCC(=O)N(C)C. The van der Waals surface area contributed by atoms with E-state index in [-0.39, 0.29) is 11.9 Å². The molecule has 5 heteroatoms. The number of amides is 1. The average Bonchev–Trinajstić information content (AvgIpc) is 2.66. The molecule has 0 fully saturated rings. The monoisotopic (exact) mass is 210 g/mol. The molecule has 0 bridgehead atoms. The van der Waals surface area contributed by atoms with E-state index >= 15 is 0 Å². The number of imidazole rings is 1. The third kappa shape index (κ3) is 4.12. The summed E-state index contributed by atoms with van der Waals surface area (Å²) in [6, 6.07) is 0.253. The fourth-order valence-corrected chi connectivity index (χ4v) is 1.20. The molecule has 1 aromatic heterocycles. The van der Waals surface area contributed by atoms with Gasteiger partial charge in [-0.2, -0.15) is 0 Å². The van der Waals surface area contributed by atoms with E-state index in [9.17, 15) is 4.79 Å². The van der Waals surface area contributed by atoms with Crippen molar-refractivity contribution in [2.45, 2.75) is 19.5 Å². The lowest BCUT2D eigenvalue weighted by atomic mass is 10.3. The van der Waals surface area contributed by atoms with Crippen molar-refractivity contribution >= 4 is 5.91 Å². The third-order valence-electron chi connectivity index (χ3n) is 2.14. The van der Waals surface area contributed by atoms with Gasteiger partial charge < -0.3 is 14.8 Å². The van der Waals surface area contributed by atoms with Crippen LogP contribution >= 0.6 is 0 Å². The van der Waals surface area contributed by atoms with E-state index < -0.39 is 0 Å².